The molecule has 4 rings (SSSR count). The van der Waals surface area contributed by atoms with Crippen LogP contribution in [-0.4, -0.2) is 58.7 Å². The van der Waals surface area contributed by atoms with Crippen LogP contribution in [0.25, 0.3) is 0 Å². The van der Waals surface area contributed by atoms with Crippen molar-refractivity contribution >= 4 is 31.7 Å². The zero-order valence-electron chi connectivity index (χ0n) is 19.8. The molecule has 2 aliphatic heterocycles. The summed E-state index contributed by atoms with van der Waals surface area (Å²) in [7, 11) is -1.80. The highest BCUT2D eigenvalue weighted by Crippen LogP contribution is 2.52. The van der Waals surface area contributed by atoms with Crippen molar-refractivity contribution in [3.05, 3.63) is 24.0 Å². The van der Waals surface area contributed by atoms with Crippen molar-refractivity contribution < 1.29 is 23.1 Å². The lowest BCUT2D eigenvalue weighted by molar-refractivity contribution is -0.119. The molecule has 3 aliphatic rings. The fourth-order valence-corrected chi connectivity index (χ4v) is 5.76. The van der Waals surface area contributed by atoms with Gasteiger partial charge in [0.25, 0.3) is 0 Å². The van der Waals surface area contributed by atoms with Gasteiger partial charge in [0.1, 0.15) is 11.9 Å². The van der Waals surface area contributed by atoms with Crippen molar-refractivity contribution in [2.24, 2.45) is 11.8 Å². The summed E-state index contributed by atoms with van der Waals surface area (Å²) in [5.74, 6) is 0.400. The molecule has 1 aromatic rings. The number of cyclic esters (lactones) is 1. The van der Waals surface area contributed by atoms with Gasteiger partial charge in [0, 0.05) is 31.8 Å². The molecule has 7 nitrogen and oxygen atoms in total. The molecule has 0 bridgehead atoms. The number of carbonyl (C=O) groups is 2. The minimum absolute atomic E-state index is 0.184. The van der Waals surface area contributed by atoms with Gasteiger partial charge in [-0.25, -0.2) is 9.18 Å². The Morgan fingerprint density at radius 1 is 1.25 bits per heavy atom. The molecule has 1 saturated carbocycles. The van der Waals surface area contributed by atoms with Gasteiger partial charge >= 0.3 is 6.09 Å². The Hall–Kier alpha value is -2.13. The van der Waals surface area contributed by atoms with Crippen molar-refractivity contribution in [2.45, 2.75) is 58.0 Å². The number of hydrogen-bond donors (Lipinski definition) is 1. The molecule has 176 valence electrons. The van der Waals surface area contributed by atoms with Crippen LogP contribution in [0.4, 0.5) is 20.6 Å². The molecule has 0 spiro atoms. The number of rotatable bonds is 6. The SMILES string of the molecule is CC(=O)NC[C@H]1CN(c2ccc(N3CC4C(C3)C4O[Si](C)(C)C(C)(C)C)c(F)c2)C(=O)O1. The number of hydrogen-bond acceptors (Lipinski definition) is 5. The number of benzene rings is 1. The van der Waals surface area contributed by atoms with E-state index in [-0.39, 0.29) is 29.9 Å². The quantitative estimate of drug-likeness (QED) is 0.651. The van der Waals surface area contributed by atoms with Crippen molar-refractivity contribution in [3.63, 3.8) is 0 Å². The average Bonchev–Trinajstić information content (AvgIpc) is 3.03. The highest BCUT2D eigenvalue weighted by atomic mass is 28.4. The van der Waals surface area contributed by atoms with Gasteiger partial charge in [0.2, 0.25) is 5.91 Å². The lowest BCUT2D eigenvalue weighted by Crippen LogP contribution is -2.43. The van der Waals surface area contributed by atoms with E-state index in [0.29, 0.717) is 29.3 Å². The van der Waals surface area contributed by atoms with Crippen LogP contribution in [0.1, 0.15) is 27.7 Å². The maximum Gasteiger partial charge on any atom is 0.414 e. The van der Waals surface area contributed by atoms with Gasteiger partial charge in [-0.3, -0.25) is 9.69 Å². The summed E-state index contributed by atoms with van der Waals surface area (Å²) >= 11 is 0. The van der Waals surface area contributed by atoms with Gasteiger partial charge in [-0.15, -0.1) is 0 Å². The van der Waals surface area contributed by atoms with E-state index >= 15 is 0 Å². The van der Waals surface area contributed by atoms with Crippen LogP contribution >= 0.6 is 0 Å². The van der Waals surface area contributed by atoms with Crippen LogP contribution in [0.2, 0.25) is 18.1 Å². The first kappa shape index (κ1) is 23.0. The van der Waals surface area contributed by atoms with E-state index in [1.54, 1.807) is 12.1 Å². The number of ether oxygens (including phenoxy) is 1. The first-order valence-corrected chi connectivity index (χ1v) is 14.2. The van der Waals surface area contributed by atoms with E-state index in [4.69, 9.17) is 9.16 Å². The normalized spacial score (nSPS) is 27.4. The molecule has 2 heterocycles. The maximum absolute atomic E-state index is 15.0. The van der Waals surface area contributed by atoms with Crippen LogP contribution < -0.4 is 15.1 Å². The Kier molecular flexibility index (Phi) is 5.77. The van der Waals surface area contributed by atoms with Gasteiger partial charge in [-0.05, 0) is 36.3 Å². The molecule has 2 unspecified atom stereocenters. The number of piperidine rings is 1. The highest BCUT2D eigenvalue weighted by Gasteiger charge is 2.59. The third-order valence-corrected chi connectivity index (χ3v) is 11.9. The van der Waals surface area contributed by atoms with E-state index in [1.807, 2.05) is 0 Å². The summed E-state index contributed by atoms with van der Waals surface area (Å²) in [4.78, 5) is 26.8. The fraction of sp³-hybridized carbons (Fsp3) is 0.652. The van der Waals surface area contributed by atoms with Crippen molar-refractivity contribution in [3.8, 4) is 0 Å². The molecular formula is C23H34FN3O4Si. The van der Waals surface area contributed by atoms with Crippen molar-refractivity contribution in [1.82, 2.24) is 5.32 Å². The second kappa shape index (κ2) is 8.02. The largest absolute Gasteiger partial charge is 0.442 e. The first-order chi connectivity index (χ1) is 14.9. The summed E-state index contributed by atoms with van der Waals surface area (Å²) in [6.45, 7) is 14.8. The van der Waals surface area contributed by atoms with Gasteiger partial charge in [-0.1, -0.05) is 20.8 Å². The summed E-state index contributed by atoms with van der Waals surface area (Å²) < 4.78 is 26.8. The summed E-state index contributed by atoms with van der Waals surface area (Å²) in [6.07, 6.45) is -0.674. The molecule has 1 aromatic carbocycles. The minimum Gasteiger partial charge on any atom is -0.442 e. The molecule has 32 heavy (non-hydrogen) atoms. The Morgan fingerprint density at radius 3 is 2.47 bits per heavy atom. The van der Waals surface area contributed by atoms with E-state index < -0.39 is 20.5 Å². The molecule has 3 atom stereocenters. The molecule has 9 heteroatoms. The Labute approximate surface area is 190 Å². The highest BCUT2D eigenvalue weighted by molar-refractivity contribution is 6.74. The van der Waals surface area contributed by atoms with Crippen LogP contribution in [-0.2, 0) is 14.0 Å². The lowest BCUT2D eigenvalue weighted by atomic mass is 10.2. The van der Waals surface area contributed by atoms with Gasteiger partial charge in [0.15, 0.2) is 8.32 Å². The second-order valence-corrected chi connectivity index (χ2v) is 15.5. The third-order valence-electron chi connectivity index (χ3n) is 7.39. The van der Waals surface area contributed by atoms with Gasteiger partial charge in [0.05, 0.1) is 30.6 Å². The van der Waals surface area contributed by atoms with E-state index in [1.165, 1.54) is 17.9 Å². The van der Waals surface area contributed by atoms with Gasteiger partial charge < -0.3 is 19.4 Å². The summed E-state index contributed by atoms with van der Waals surface area (Å²) in [6, 6.07) is 4.90. The lowest BCUT2D eigenvalue weighted by Gasteiger charge is -2.37. The number of anilines is 2. The number of carbonyl (C=O) groups excluding carboxylic acids is 2. The monoisotopic (exact) mass is 463 g/mol. The molecule has 1 N–H and O–H groups in total. The summed E-state index contributed by atoms with van der Waals surface area (Å²) in [5.41, 5.74) is 1.03. The molecule has 1 aliphatic carbocycles. The number of fused-ring (bicyclic) bond motifs is 1. The van der Waals surface area contributed by atoms with E-state index in [2.05, 4.69) is 44.1 Å². The van der Waals surface area contributed by atoms with Crippen LogP contribution in [0.15, 0.2) is 18.2 Å². The van der Waals surface area contributed by atoms with E-state index in [0.717, 1.165) is 13.1 Å². The molecular weight excluding hydrogens is 429 g/mol. The smallest absolute Gasteiger partial charge is 0.414 e. The second-order valence-electron chi connectivity index (χ2n) is 10.8. The topological polar surface area (TPSA) is 71.1 Å². The first-order valence-electron chi connectivity index (χ1n) is 11.3. The summed E-state index contributed by atoms with van der Waals surface area (Å²) in [5, 5.41) is 2.82. The Balaban J connectivity index is 1.36. The maximum atomic E-state index is 15.0. The number of amides is 2. The van der Waals surface area contributed by atoms with Crippen molar-refractivity contribution in [1.29, 1.82) is 0 Å². The zero-order chi connectivity index (χ0) is 23.4. The Morgan fingerprint density at radius 2 is 1.91 bits per heavy atom. The van der Waals surface area contributed by atoms with Crippen molar-refractivity contribution in [2.75, 3.05) is 36.0 Å². The number of halogens is 1. The van der Waals surface area contributed by atoms with Crippen LogP contribution in [0.3, 0.4) is 0 Å². The number of nitrogens with one attached hydrogen (secondary N) is 1. The predicted molar refractivity (Wildman–Crippen MR) is 124 cm³/mol. The minimum atomic E-state index is -1.80. The molecule has 3 fully saturated rings. The van der Waals surface area contributed by atoms with E-state index in [9.17, 15) is 14.0 Å². The molecule has 2 amide bonds. The fourth-order valence-electron chi connectivity index (χ4n) is 4.38. The average molecular weight is 464 g/mol. The standard InChI is InChI=1S/C23H34FN3O4Si/c1-14(28)25-10-16-11-27(22(29)30-16)15-7-8-20(19(24)9-15)26-12-17-18(13-26)21(17)31-32(5,6)23(2,3)4/h7-9,16-18,21H,10-13H2,1-6H3,(H,25,28)/t16-,17?,18?,21?/m0/s1. The zero-order valence-corrected chi connectivity index (χ0v) is 20.8. The Bertz CT molecular complexity index is 907. The molecule has 0 aromatic heterocycles. The third kappa shape index (κ3) is 4.37. The van der Waals surface area contributed by atoms with Crippen LogP contribution in [0.5, 0.6) is 0 Å². The molecule has 0 radical (unpaired) electrons. The number of nitrogens with zero attached hydrogens (tertiary/aromatic N) is 2. The van der Waals surface area contributed by atoms with Crippen LogP contribution in [0, 0.1) is 17.7 Å². The van der Waals surface area contributed by atoms with Gasteiger partial charge in [-0.2, -0.15) is 0 Å². The molecule has 2 saturated heterocycles. The predicted octanol–water partition coefficient (Wildman–Crippen LogP) is 3.74.